The van der Waals surface area contributed by atoms with Crippen molar-refractivity contribution < 1.29 is 13.2 Å². The molecule has 26 heavy (non-hydrogen) atoms. The number of rotatable bonds is 3. The van der Waals surface area contributed by atoms with Gasteiger partial charge in [-0.2, -0.15) is 13.1 Å². The number of piperidine rings is 1. The molecule has 1 N–H and O–H groups in total. The van der Waals surface area contributed by atoms with Crippen LogP contribution in [-0.4, -0.2) is 71.5 Å². The molecule has 3 heterocycles. The molecule has 2 aromatic rings. The van der Waals surface area contributed by atoms with Crippen LogP contribution in [-0.2, 0) is 14.8 Å². The van der Waals surface area contributed by atoms with E-state index < -0.39 is 10.0 Å². The first-order valence-corrected chi connectivity index (χ1v) is 11.0. The molecule has 140 valence electrons. The van der Waals surface area contributed by atoms with E-state index in [2.05, 4.69) is 14.1 Å². The van der Waals surface area contributed by atoms with Crippen LogP contribution in [0.25, 0.3) is 11.0 Å². The second kappa shape index (κ2) is 7.18. The molecule has 2 saturated heterocycles. The zero-order chi connectivity index (χ0) is 18.1. The van der Waals surface area contributed by atoms with E-state index in [9.17, 15) is 13.2 Å². The van der Waals surface area contributed by atoms with Crippen molar-refractivity contribution in [3.05, 3.63) is 18.2 Å². The van der Waals surface area contributed by atoms with Crippen molar-refractivity contribution in [3.63, 3.8) is 0 Å². The molecule has 1 amide bonds. The first-order chi connectivity index (χ1) is 12.6. The Morgan fingerprint density at radius 2 is 2.00 bits per heavy atom. The molecule has 0 saturated carbocycles. The summed E-state index contributed by atoms with van der Waals surface area (Å²) in [6, 6.07) is 5.01. The van der Waals surface area contributed by atoms with E-state index >= 15 is 0 Å². The molecule has 2 aliphatic heterocycles. The summed E-state index contributed by atoms with van der Waals surface area (Å²) >= 11 is 1.00. The average Bonchev–Trinajstić information content (AvgIpc) is 3.17. The van der Waals surface area contributed by atoms with Crippen LogP contribution in [0.15, 0.2) is 23.1 Å². The average molecular weight is 396 g/mol. The van der Waals surface area contributed by atoms with Gasteiger partial charge in [-0.25, -0.2) is 8.42 Å². The molecule has 0 bridgehead atoms. The van der Waals surface area contributed by atoms with E-state index in [1.165, 1.54) is 4.31 Å². The molecular formula is C16H21N5O3S2. The van der Waals surface area contributed by atoms with E-state index in [1.54, 1.807) is 18.2 Å². The van der Waals surface area contributed by atoms with Gasteiger partial charge in [-0.1, -0.05) is 6.07 Å². The zero-order valence-corrected chi connectivity index (χ0v) is 15.9. The van der Waals surface area contributed by atoms with Crippen molar-refractivity contribution >= 4 is 38.7 Å². The Balaban J connectivity index is 1.57. The number of amides is 1. The second-order valence-electron chi connectivity index (χ2n) is 6.67. The van der Waals surface area contributed by atoms with Gasteiger partial charge in [0.15, 0.2) is 0 Å². The zero-order valence-electron chi connectivity index (χ0n) is 14.3. The van der Waals surface area contributed by atoms with Crippen LogP contribution in [0.1, 0.15) is 12.8 Å². The minimum atomic E-state index is -3.70. The van der Waals surface area contributed by atoms with Crippen molar-refractivity contribution in [1.29, 1.82) is 0 Å². The number of aromatic nitrogens is 2. The molecule has 0 spiro atoms. The lowest BCUT2D eigenvalue weighted by molar-refractivity contribution is -0.137. The van der Waals surface area contributed by atoms with Crippen LogP contribution < -0.4 is 5.32 Å². The number of nitrogens with one attached hydrogen (secondary N) is 1. The van der Waals surface area contributed by atoms with Gasteiger partial charge in [0, 0.05) is 39.3 Å². The lowest BCUT2D eigenvalue weighted by Gasteiger charge is -2.35. The van der Waals surface area contributed by atoms with Crippen LogP contribution in [0.3, 0.4) is 0 Å². The van der Waals surface area contributed by atoms with Crippen molar-refractivity contribution in [3.8, 4) is 0 Å². The number of hydrogen-bond donors (Lipinski definition) is 1. The predicted octanol–water partition coefficient (Wildman–Crippen LogP) is 0.524. The van der Waals surface area contributed by atoms with E-state index in [1.807, 2.05) is 4.90 Å². The van der Waals surface area contributed by atoms with E-state index in [0.29, 0.717) is 37.1 Å². The Morgan fingerprint density at radius 1 is 1.19 bits per heavy atom. The molecule has 0 radical (unpaired) electrons. The predicted molar refractivity (Wildman–Crippen MR) is 98.3 cm³/mol. The molecule has 4 rings (SSSR count). The maximum atomic E-state index is 13.2. The Hall–Kier alpha value is -1.62. The normalized spacial score (nSPS) is 22.6. The lowest BCUT2D eigenvalue weighted by Crippen LogP contribution is -2.51. The highest BCUT2D eigenvalue weighted by Gasteiger charge is 2.36. The van der Waals surface area contributed by atoms with Gasteiger partial charge in [-0.15, -0.1) is 0 Å². The fourth-order valence-corrected chi connectivity index (χ4v) is 5.91. The molecule has 8 nitrogen and oxygen atoms in total. The van der Waals surface area contributed by atoms with Gasteiger partial charge in [0.1, 0.15) is 15.9 Å². The van der Waals surface area contributed by atoms with Gasteiger partial charge in [-0.3, -0.25) is 4.79 Å². The summed E-state index contributed by atoms with van der Waals surface area (Å²) in [5.41, 5.74) is 0.995. The third-order valence-corrected chi connectivity index (χ3v) is 7.47. The monoisotopic (exact) mass is 395 g/mol. The Bertz CT molecular complexity index is 908. The van der Waals surface area contributed by atoms with E-state index in [4.69, 9.17) is 0 Å². The number of piperazine rings is 1. The van der Waals surface area contributed by atoms with Crippen LogP contribution >= 0.6 is 11.7 Å². The quantitative estimate of drug-likeness (QED) is 0.814. The van der Waals surface area contributed by atoms with Gasteiger partial charge in [-0.05, 0) is 25.0 Å². The van der Waals surface area contributed by atoms with Crippen molar-refractivity contribution in [1.82, 2.24) is 23.3 Å². The summed E-state index contributed by atoms with van der Waals surface area (Å²) in [6.45, 7) is 3.62. The number of carbonyl (C=O) groups excluding carboxylic acids is 1. The van der Waals surface area contributed by atoms with Gasteiger partial charge in [0.25, 0.3) is 0 Å². The fraction of sp³-hybridized carbons (Fsp3) is 0.562. The summed E-state index contributed by atoms with van der Waals surface area (Å²) < 4.78 is 36.1. The fourth-order valence-electron chi connectivity index (χ4n) is 3.63. The highest BCUT2D eigenvalue weighted by molar-refractivity contribution is 7.89. The van der Waals surface area contributed by atoms with Crippen molar-refractivity contribution in [2.24, 2.45) is 5.92 Å². The SMILES string of the molecule is O=C(C1CCCN(S(=O)(=O)c2cccc3nsnc23)C1)N1CCNCC1. The third kappa shape index (κ3) is 3.22. The van der Waals surface area contributed by atoms with Gasteiger partial charge in [0.2, 0.25) is 15.9 Å². The Labute approximate surface area is 156 Å². The van der Waals surface area contributed by atoms with Crippen LogP contribution in [0, 0.1) is 5.92 Å². The minimum Gasteiger partial charge on any atom is -0.340 e. The van der Waals surface area contributed by atoms with E-state index in [-0.39, 0.29) is 23.3 Å². The van der Waals surface area contributed by atoms with Crippen LogP contribution in [0.4, 0.5) is 0 Å². The maximum absolute atomic E-state index is 13.2. The highest BCUT2D eigenvalue weighted by atomic mass is 32.2. The summed E-state index contributed by atoms with van der Waals surface area (Å²) in [6.07, 6.45) is 1.42. The molecule has 1 atom stereocenters. The Morgan fingerprint density at radius 3 is 2.81 bits per heavy atom. The topological polar surface area (TPSA) is 95.5 Å². The molecule has 1 unspecified atom stereocenters. The standard InChI is InChI=1S/C16H21N5O3S2/c22-16(20-9-6-17-7-10-20)12-3-2-8-21(11-12)26(23,24)14-5-1-4-13-15(14)19-25-18-13/h1,4-5,12,17H,2-3,6-11H2. The summed E-state index contributed by atoms with van der Waals surface area (Å²) in [4.78, 5) is 14.8. The third-order valence-electron chi connectivity index (χ3n) is 5.03. The van der Waals surface area contributed by atoms with E-state index in [0.717, 1.165) is 31.2 Å². The van der Waals surface area contributed by atoms with Crippen LogP contribution in [0.2, 0.25) is 0 Å². The van der Waals surface area contributed by atoms with Crippen molar-refractivity contribution in [2.75, 3.05) is 39.3 Å². The molecule has 2 fully saturated rings. The van der Waals surface area contributed by atoms with Gasteiger partial charge in [0.05, 0.1) is 17.6 Å². The molecule has 0 aliphatic carbocycles. The highest BCUT2D eigenvalue weighted by Crippen LogP contribution is 2.28. The largest absolute Gasteiger partial charge is 0.340 e. The first-order valence-electron chi connectivity index (χ1n) is 8.78. The molecular weight excluding hydrogens is 374 g/mol. The number of benzene rings is 1. The lowest BCUT2D eigenvalue weighted by atomic mass is 9.98. The number of fused-ring (bicyclic) bond motifs is 1. The number of carbonyl (C=O) groups is 1. The molecule has 1 aromatic heterocycles. The number of sulfonamides is 1. The smallest absolute Gasteiger partial charge is 0.245 e. The van der Waals surface area contributed by atoms with Crippen LogP contribution in [0.5, 0.6) is 0 Å². The number of hydrogen-bond acceptors (Lipinski definition) is 7. The summed E-state index contributed by atoms with van der Waals surface area (Å²) in [5.74, 6) is -0.204. The molecule has 2 aliphatic rings. The van der Waals surface area contributed by atoms with Crippen molar-refractivity contribution in [2.45, 2.75) is 17.7 Å². The van der Waals surface area contributed by atoms with Gasteiger partial charge >= 0.3 is 0 Å². The maximum Gasteiger partial charge on any atom is 0.245 e. The molecule has 1 aromatic carbocycles. The number of nitrogens with zero attached hydrogens (tertiary/aromatic N) is 4. The van der Waals surface area contributed by atoms with Gasteiger partial charge < -0.3 is 10.2 Å². The molecule has 10 heteroatoms. The second-order valence-corrected chi connectivity index (χ2v) is 9.10. The minimum absolute atomic E-state index is 0.0694. The first kappa shape index (κ1) is 17.8. The summed E-state index contributed by atoms with van der Waals surface area (Å²) in [5, 5.41) is 3.23. The Kier molecular flexibility index (Phi) is 4.91. The summed E-state index contributed by atoms with van der Waals surface area (Å²) in [7, 11) is -3.70.